The molecule has 1 aliphatic heterocycles. The molecule has 0 atom stereocenters. The van der Waals surface area contributed by atoms with Crippen LogP contribution in [-0.2, 0) is 0 Å². The van der Waals surface area contributed by atoms with E-state index in [2.05, 4.69) is 86.4 Å². The van der Waals surface area contributed by atoms with Gasteiger partial charge in [-0.15, -0.1) is 0 Å². The fourth-order valence-corrected chi connectivity index (χ4v) is 4.76. The van der Waals surface area contributed by atoms with E-state index in [1.807, 2.05) is 0 Å². The third kappa shape index (κ3) is 1.57. The lowest BCUT2D eigenvalue weighted by Gasteiger charge is -2.31. The first-order valence-corrected chi connectivity index (χ1v) is 8.46. The molecule has 0 aromatic heterocycles. The molecule has 0 amide bonds. The van der Waals surface area contributed by atoms with Gasteiger partial charge >= 0.3 is 0 Å². The van der Waals surface area contributed by atoms with Crippen LogP contribution in [0, 0.1) is 0 Å². The lowest BCUT2D eigenvalue weighted by molar-refractivity contribution is 1.74. The summed E-state index contributed by atoms with van der Waals surface area (Å²) in [4.78, 5) is 0. The van der Waals surface area contributed by atoms with Crippen LogP contribution in [0.15, 0.2) is 72.8 Å². The van der Waals surface area contributed by atoms with Gasteiger partial charge in [-0.2, -0.15) is 24.6 Å². The van der Waals surface area contributed by atoms with Crippen molar-refractivity contribution >= 4 is 38.6 Å². The van der Waals surface area contributed by atoms with Crippen LogP contribution in [-0.4, -0.2) is 6.15 Å². The van der Waals surface area contributed by atoms with Gasteiger partial charge in [-0.3, -0.25) is 0 Å². The Hall–Kier alpha value is -2.54. The minimum atomic E-state index is -0.759. The molecule has 0 bridgehead atoms. The summed E-state index contributed by atoms with van der Waals surface area (Å²) < 4.78 is 0. The Kier molecular flexibility index (Phi) is 2.40. The van der Waals surface area contributed by atoms with E-state index in [4.69, 9.17) is 0 Å². The normalized spacial score (nSPS) is 14.9. The van der Waals surface area contributed by atoms with Gasteiger partial charge in [0.25, 0.3) is 0 Å². The van der Waals surface area contributed by atoms with Crippen LogP contribution in [0.3, 0.4) is 0 Å². The van der Waals surface area contributed by atoms with Gasteiger partial charge in [0.05, 0.1) is 6.15 Å². The van der Waals surface area contributed by atoms with Crippen LogP contribution < -0.4 is 10.9 Å². The summed E-state index contributed by atoms with van der Waals surface area (Å²) in [5.41, 5.74) is 5.92. The minimum absolute atomic E-state index is 0.759. The first-order chi connectivity index (χ1) is 11.2. The van der Waals surface area contributed by atoms with Gasteiger partial charge in [0.1, 0.15) is 0 Å². The molecule has 0 spiro atoms. The maximum Gasteiger partial charge on any atom is 0.0516 e. The maximum atomic E-state index is 2.43. The molecule has 1 heterocycles. The van der Waals surface area contributed by atoms with Gasteiger partial charge in [0.2, 0.25) is 0 Å². The predicted octanol–water partition coefficient (Wildman–Crippen LogP) is 4.80. The first kappa shape index (κ1) is 13.0. The van der Waals surface area contributed by atoms with Gasteiger partial charge < -0.3 is 0 Å². The van der Waals surface area contributed by atoms with Crippen molar-refractivity contribution in [3.63, 3.8) is 0 Å². The van der Waals surface area contributed by atoms with Gasteiger partial charge in [-0.1, -0.05) is 94.7 Å². The van der Waals surface area contributed by atoms with E-state index in [-0.39, 0.29) is 0 Å². The van der Waals surface area contributed by atoms with E-state index in [1.165, 1.54) is 43.6 Å². The highest BCUT2D eigenvalue weighted by molar-refractivity contribution is 7.06. The Bertz CT molecular complexity index is 1000. The summed E-state index contributed by atoms with van der Waals surface area (Å²) in [6.45, 7) is 4.87. The average Bonchev–Trinajstić information content (AvgIpc) is 2.83. The van der Waals surface area contributed by atoms with Gasteiger partial charge in [-0.05, 0) is 10.8 Å². The summed E-state index contributed by atoms with van der Waals surface area (Å²) in [6, 6.07) is 26.8. The molecule has 0 fully saturated rings. The molecule has 0 N–H and O–H groups in total. The first-order valence-electron chi connectivity index (χ1n) is 8.46. The zero-order chi connectivity index (χ0) is 15.6. The Balaban J connectivity index is 1.99. The number of rotatable bonds is 0. The van der Waals surface area contributed by atoms with Crippen molar-refractivity contribution in [2.45, 2.75) is 13.6 Å². The van der Waals surface area contributed by atoms with E-state index in [9.17, 15) is 0 Å². The number of fused-ring (bicyclic) bond motifs is 7. The zero-order valence-electron chi connectivity index (χ0n) is 13.5. The Morgan fingerprint density at radius 3 is 1.43 bits per heavy atom. The van der Waals surface area contributed by atoms with Crippen molar-refractivity contribution in [1.29, 1.82) is 0 Å². The monoisotopic (exact) mass is 293 g/mol. The second-order valence-corrected chi connectivity index (χ2v) is 7.37. The van der Waals surface area contributed by atoms with Crippen LogP contribution in [0.4, 0.5) is 0 Å². The molecule has 5 rings (SSSR count). The number of hydrogen-bond acceptors (Lipinski definition) is 0. The van der Waals surface area contributed by atoms with Gasteiger partial charge in [0.15, 0.2) is 0 Å². The largest absolute Gasteiger partial charge is 0.190 e. The van der Waals surface area contributed by atoms with E-state index < -0.39 is 6.15 Å². The third-order valence-corrected chi connectivity index (χ3v) is 5.67. The van der Waals surface area contributed by atoms with Gasteiger partial charge in [0, 0.05) is 0 Å². The van der Waals surface area contributed by atoms with Gasteiger partial charge in [-0.25, -0.2) is 0 Å². The molecular weight excluding hydrogens is 275 g/mol. The fraction of sp³-hybridized carbons (Fsp3) is 0.0909. The average molecular weight is 293 g/mol. The minimum Gasteiger partial charge on any atom is -0.190 e. The highest BCUT2D eigenvalue weighted by atomic mass is 14.2. The zero-order valence-corrected chi connectivity index (χ0v) is 13.5. The van der Waals surface area contributed by atoms with Crippen molar-refractivity contribution in [2.24, 2.45) is 0 Å². The molecule has 0 saturated carbocycles. The quantitative estimate of drug-likeness (QED) is 0.409. The Morgan fingerprint density at radius 2 is 0.957 bits per heavy atom. The van der Waals surface area contributed by atoms with E-state index in [0.717, 1.165) is 0 Å². The number of benzene rings is 4. The Labute approximate surface area is 136 Å². The van der Waals surface area contributed by atoms with Crippen LogP contribution in [0.5, 0.6) is 0 Å². The van der Waals surface area contributed by atoms with Crippen molar-refractivity contribution < 1.29 is 0 Å². The van der Waals surface area contributed by atoms with E-state index in [0.29, 0.717) is 0 Å². The van der Waals surface area contributed by atoms with Crippen molar-refractivity contribution in [3.05, 3.63) is 72.8 Å². The molecule has 4 aromatic rings. The van der Waals surface area contributed by atoms with Crippen LogP contribution in [0.25, 0.3) is 32.7 Å². The third-order valence-electron chi connectivity index (χ3n) is 5.67. The van der Waals surface area contributed by atoms with Crippen LogP contribution >= 0.6 is 0 Å². The predicted molar refractivity (Wildman–Crippen MR) is 104 cm³/mol. The van der Waals surface area contributed by atoms with E-state index >= 15 is 0 Å². The SMILES string of the molecule is C[B-]1(C)c2c(ccc3ccccc23)-c2ccc3ccccc3c21. The van der Waals surface area contributed by atoms with E-state index in [1.54, 1.807) is 0 Å². The molecule has 0 aliphatic carbocycles. The molecule has 0 saturated heterocycles. The van der Waals surface area contributed by atoms with Crippen molar-refractivity contribution in [3.8, 4) is 11.1 Å². The summed E-state index contributed by atoms with van der Waals surface area (Å²) in [5, 5.41) is 5.52. The Morgan fingerprint density at radius 1 is 0.522 bits per heavy atom. The molecule has 1 heteroatoms. The van der Waals surface area contributed by atoms with Crippen molar-refractivity contribution in [1.82, 2.24) is 0 Å². The summed E-state index contributed by atoms with van der Waals surface area (Å²) >= 11 is 0. The molecule has 4 aromatic carbocycles. The topological polar surface area (TPSA) is 0 Å². The lowest BCUT2D eigenvalue weighted by atomic mass is 9.22. The smallest absolute Gasteiger partial charge is 0.0516 e. The molecule has 23 heavy (non-hydrogen) atoms. The molecular formula is C22H18B-. The second kappa shape index (κ2) is 4.26. The van der Waals surface area contributed by atoms with Crippen LogP contribution in [0.1, 0.15) is 0 Å². The molecule has 0 unspecified atom stereocenters. The molecule has 0 nitrogen and oxygen atoms in total. The highest BCUT2D eigenvalue weighted by Gasteiger charge is 2.31. The summed E-state index contributed by atoms with van der Waals surface area (Å²) in [7, 11) is 0. The van der Waals surface area contributed by atoms with Crippen molar-refractivity contribution in [2.75, 3.05) is 0 Å². The van der Waals surface area contributed by atoms with Crippen LogP contribution in [0.2, 0.25) is 13.6 Å². The fourth-order valence-electron chi connectivity index (χ4n) is 4.76. The molecule has 0 radical (unpaired) electrons. The molecule has 1 aliphatic rings. The highest BCUT2D eigenvalue weighted by Crippen LogP contribution is 2.34. The molecule has 110 valence electrons. The standard InChI is InChI=1S/C22H18B/c1-23(2)21-17-9-5-3-7-15(17)11-13-19(21)20-14-12-16-8-4-6-10-18(16)22(20)23/h3-14H,1-2H3/q-1. The second-order valence-electron chi connectivity index (χ2n) is 7.37. The maximum absolute atomic E-state index is 2.43. The summed E-state index contributed by atoms with van der Waals surface area (Å²) in [5.74, 6) is 0. The summed E-state index contributed by atoms with van der Waals surface area (Å²) in [6.07, 6.45) is -0.759. The lowest BCUT2D eigenvalue weighted by Crippen LogP contribution is -2.49. The number of hydrogen-bond donors (Lipinski definition) is 0.